The summed E-state index contributed by atoms with van der Waals surface area (Å²) in [6.45, 7) is 0.808. The molecule has 5 rings (SSSR count). The van der Waals surface area contributed by atoms with E-state index in [2.05, 4.69) is 15.2 Å². The van der Waals surface area contributed by atoms with Crippen LogP contribution in [-0.4, -0.2) is 64.1 Å². The third kappa shape index (κ3) is 3.57. The minimum Gasteiger partial charge on any atom is -0.507 e. The number of aromatic nitrogens is 3. The van der Waals surface area contributed by atoms with E-state index in [4.69, 9.17) is 13.6 Å². The minimum atomic E-state index is -2.61. The maximum atomic E-state index is 14.6. The standard InChI is InChI=1S/C23H23FN4O3/c1-28-12-15-9-18(28)22(24)23(15)31-20-6-5-17(26-27-20)16-4-3-13(10-19(16)29)14-7-8-25-21(11-14)30-2/h3-8,10-11,15,18,22-23,29H,9,12H2,1-2H3/t15-,18-,22+,23-/m1/s1/i2D3. The van der Waals surface area contributed by atoms with Crippen LogP contribution in [0.2, 0.25) is 0 Å². The molecule has 160 valence electrons. The molecule has 7 nitrogen and oxygen atoms in total. The highest BCUT2D eigenvalue weighted by atomic mass is 19.1. The number of benzene rings is 1. The van der Waals surface area contributed by atoms with Gasteiger partial charge in [-0.3, -0.25) is 4.90 Å². The number of phenolic OH excluding ortho intramolecular Hbond substituents is 1. The van der Waals surface area contributed by atoms with E-state index < -0.39 is 19.3 Å². The van der Waals surface area contributed by atoms with Gasteiger partial charge in [0.15, 0.2) is 6.17 Å². The van der Waals surface area contributed by atoms with Crippen LogP contribution in [0.1, 0.15) is 10.5 Å². The van der Waals surface area contributed by atoms with Gasteiger partial charge in [0.2, 0.25) is 11.8 Å². The maximum Gasteiger partial charge on any atom is 0.233 e. The number of nitrogens with zero attached hydrogens (tertiary/aromatic N) is 4. The SMILES string of the molecule is [2H]C([2H])([2H])Oc1cc(-c2ccc(-c3ccc(O[C@@H]4[C@@H]5C[C@H]([C@@H]4F)N(C)C5)nn3)c(O)c2)ccn1. The Morgan fingerprint density at radius 2 is 2.00 bits per heavy atom. The summed E-state index contributed by atoms with van der Waals surface area (Å²) in [6, 6.07) is 11.3. The summed E-state index contributed by atoms with van der Waals surface area (Å²) in [4.78, 5) is 5.93. The molecule has 31 heavy (non-hydrogen) atoms. The number of likely N-dealkylation sites (tertiary alicyclic amines) is 1. The van der Waals surface area contributed by atoms with Gasteiger partial charge in [-0.2, -0.15) is 0 Å². The summed E-state index contributed by atoms with van der Waals surface area (Å²) >= 11 is 0. The van der Waals surface area contributed by atoms with Gasteiger partial charge in [0.25, 0.3) is 0 Å². The molecule has 3 aromatic rings. The lowest BCUT2D eigenvalue weighted by atomic mass is 10.0. The maximum absolute atomic E-state index is 14.6. The van der Waals surface area contributed by atoms with E-state index in [9.17, 15) is 9.50 Å². The van der Waals surface area contributed by atoms with E-state index in [-0.39, 0.29) is 29.5 Å². The predicted octanol–water partition coefficient (Wildman–Crippen LogP) is 3.34. The number of halogens is 1. The molecule has 1 N–H and O–H groups in total. The van der Waals surface area contributed by atoms with Crippen LogP contribution in [-0.2, 0) is 0 Å². The largest absolute Gasteiger partial charge is 0.507 e. The van der Waals surface area contributed by atoms with E-state index in [1.165, 1.54) is 18.3 Å². The normalized spacial score (nSPS) is 26.8. The monoisotopic (exact) mass is 425 g/mol. The predicted molar refractivity (Wildman–Crippen MR) is 113 cm³/mol. The van der Waals surface area contributed by atoms with Crippen molar-refractivity contribution in [1.82, 2.24) is 20.1 Å². The zero-order chi connectivity index (χ0) is 24.0. The van der Waals surface area contributed by atoms with Gasteiger partial charge in [-0.05, 0) is 48.9 Å². The van der Waals surface area contributed by atoms with Crippen molar-refractivity contribution in [3.63, 3.8) is 0 Å². The lowest BCUT2D eigenvalue weighted by Crippen LogP contribution is -2.46. The Morgan fingerprint density at radius 3 is 2.71 bits per heavy atom. The van der Waals surface area contributed by atoms with Gasteiger partial charge in [-0.25, -0.2) is 9.37 Å². The number of aromatic hydroxyl groups is 1. The van der Waals surface area contributed by atoms with Gasteiger partial charge in [0.05, 0.1) is 16.8 Å². The first-order valence-electron chi connectivity index (χ1n) is 11.5. The number of hydrogen-bond donors (Lipinski definition) is 1. The molecule has 2 aliphatic rings. The zero-order valence-electron chi connectivity index (χ0n) is 19.8. The second-order valence-electron chi connectivity index (χ2n) is 8.00. The van der Waals surface area contributed by atoms with Crippen LogP contribution < -0.4 is 9.47 Å². The fourth-order valence-electron chi connectivity index (χ4n) is 4.56. The van der Waals surface area contributed by atoms with Crippen LogP contribution in [0.15, 0.2) is 48.7 Å². The molecular formula is C23H23FN4O3. The van der Waals surface area contributed by atoms with Gasteiger partial charge in [-0.1, -0.05) is 6.07 Å². The van der Waals surface area contributed by atoms with E-state index >= 15 is 0 Å². The summed E-state index contributed by atoms with van der Waals surface area (Å²) in [6.07, 6.45) is 0.645. The molecule has 0 unspecified atom stereocenters. The average Bonchev–Trinajstić information content (AvgIpc) is 3.30. The highest BCUT2D eigenvalue weighted by Gasteiger charge is 2.52. The number of pyridine rings is 1. The second-order valence-corrected chi connectivity index (χ2v) is 8.00. The fourth-order valence-corrected chi connectivity index (χ4v) is 4.56. The van der Waals surface area contributed by atoms with Crippen molar-refractivity contribution >= 4 is 0 Å². The Labute approximate surface area is 183 Å². The van der Waals surface area contributed by atoms with Gasteiger partial charge in [0, 0.05) is 42.4 Å². The summed E-state index contributed by atoms with van der Waals surface area (Å²) in [5, 5.41) is 18.8. The van der Waals surface area contributed by atoms with Gasteiger partial charge < -0.3 is 14.6 Å². The molecule has 0 amide bonds. The molecule has 1 saturated heterocycles. The molecular weight excluding hydrogens is 399 g/mol. The zero-order valence-corrected chi connectivity index (χ0v) is 16.8. The van der Waals surface area contributed by atoms with Crippen molar-refractivity contribution in [2.45, 2.75) is 24.7 Å². The van der Waals surface area contributed by atoms with Crippen LogP contribution in [0.4, 0.5) is 4.39 Å². The second kappa shape index (κ2) is 7.77. The number of phenols is 1. The lowest BCUT2D eigenvalue weighted by molar-refractivity contribution is 0.0220. The summed E-state index contributed by atoms with van der Waals surface area (Å²) in [5.41, 5.74) is 2.16. The van der Waals surface area contributed by atoms with E-state index in [0.29, 0.717) is 22.4 Å². The fraction of sp³-hybridized carbons (Fsp3) is 0.348. The average molecular weight is 425 g/mol. The molecule has 2 bridgehead atoms. The molecule has 1 aliphatic carbocycles. The number of methoxy groups -OCH3 is 1. The number of hydrogen-bond acceptors (Lipinski definition) is 7. The molecule has 0 radical (unpaired) electrons. The van der Waals surface area contributed by atoms with E-state index in [0.717, 1.165) is 13.0 Å². The lowest BCUT2D eigenvalue weighted by Gasteiger charge is -2.31. The highest BCUT2D eigenvalue weighted by Crippen LogP contribution is 2.41. The van der Waals surface area contributed by atoms with Crippen molar-refractivity contribution in [2.24, 2.45) is 5.92 Å². The van der Waals surface area contributed by atoms with E-state index in [1.807, 2.05) is 11.9 Å². The van der Waals surface area contributed by atoms with Gasteiger partial charge in [0.1, 0.15) is 11.9 Å². The van der Waals surface area contributed by atoms with Crippen molar-refractivity contribution in [2.75, 3.05) is 20.6 Å². The molecule has 8 heteroatoms. The van der Waals surface area contributed by atoms with Gasteiger partial charge in [-0.15, -0.1) is 10.2 Å². The number of ether oxygens (including phenoxy) is 2. The number of fused-ring (bicyclic) bond motifs is 2. The van der Waals surface area contributed by atoms with Crippen LogP contribution in [0.25, 0.3) is 22.4 Å². The van der Waals surface area contributed by atoms with Gasteiger partial charge >= 0.3 is 0 Å². The first kappa shape index (κ1) is 16.4. The van der Waals surface area contributed by atoms with Crippen LogP contribution >= 0.6 is 0 Å². The number of piperidine rings is 1. The quantitative estimate of drug-likeness (QED) is 0.672. The third-order valence-electron chi connectivity index (χ3n) is 6.12. The van der Waals surface area contributed by atoms with Crippen molar-refractivity contribution in [3.05, 3.63) is 48.7 Å². The Balaban J connectivity index is 1.31. The molecule has 1 aliphatic heterocycles. The van der Waals surface area contributed by atoms with Crippen molar-refractivity contribution in [3.8, 4) is 39.9 Å². The number of rotatable bonds is 5. The van der Waals surface area contributed by atoms with Crippen LogP contribution in [0.3, 0.4) is 0 Å². The molecule has 0 spiro atoms. The molecule has 1 aromatic carbocycles. The summed E-state index contributed by atoms with van der Waals surface area (Å²) in [7, 11) is -0.677. The molecule has 2 fully saturated rings. The smallest absolute Gasteiger partial charge is 0.233 e. The Hall–Kier alpha value is -3.26. The number of alkyl halides is 1. The van der Waals surface area contributed by atoms with Crippen LogP contribution in [0, 0.1) is 5.92 Å². The third-order valence-corrected chi connectivity index (χ3v) is 6.12. The first-order valence-corrected chi connectivity index (χ1v) is 10.0. The van der Waals surface area contributed by atoms with Crippen LogP contribution in [0.5, 0.6) is 17.5 Å². The van der Waals surface area contributed by atoms with E-state index in [1.54, 1.807) is 30.3 Å². The summed E-state index contributed by atoms with van der Waals surface area (Å²) in [5.74, 6) is 0.318. The van der Waals surface area contributed by atoms with Crippen molar-refractivity contribution in [1.29, 1.82) is 0 Å². The molecule has 2 aromatic heterocycles. The highest BCUT2D eigenvalue weighted by molar-refractivity contribution is 5.74. The Morgan fingerprint density at radius 1 is 1.13 bits per heavy atom. The Bertz CT molecular complexity index is 1190. The topological polar surface area (TPSA) is 80.6 Å². The first-order chi connectivity index (χ1) is 16.2. The summed E-state index contributed by atoms with van der Waals surface area (Å²) < 4.78 is 46.9. The van der Waals surface area contributed by atoms with Crippen molar-refractivity contribution < 1.29 is 23.1 Å². The molecule has 4 atom stereocenters. The minimum absolute atomic E-state index is 0.0319. The Kier molecular flexibility index (Phi) is 4.12. The molecule has 1 saturated carbocycles. The molecule has 3 heterocycles.